The van der Waals surface area contributed by atoms with Gasteiger partial charge in [0.2, 0.25) is 5.88 Å². The second-order valence-electron chi connectivity index (χ2n) is 7.16. The summed E-state index contributed by atoms with van der Waals surface area (Å²) in [6.45, 7) is 2.57. The summed E-state index contributed by atoms with van der Waals surface area (Å²) in [6.07, 6.45) is 5.14. The van der Waals surface area contributed by atoms with Crippen LogP contribution < -0.4 is 9.47 Å². The van der Waals surface area contributed by atoms with Crippen LogP contribution in [0, 0.1) is 0 Å². The van der Waals surface area contributed by atoms with E-state index in [4.69, 9.17) is 49.3 Å². The molecule has 0 aliphatic heterocycles. The fourth-order valence-corrected chi connectivity index (χ4v) is 3.76. The lowest BCUT2D eigenvalue weighted by atomic mass is 10.00. The third kappa shape index (κ3) is 5.74. The van der Waals surface area contributed by atoms with E-state index in [-0.39, 0.29) is 6.01 Å². The Morgan fingerprint density at radius 1 is 0.909 bits per heavy atom. The minimum Gasteiger partial charge on any atom is -0.463 e. The molecule has 0 atom stereocenters. The first-order valence-corrected chi connectivity index (χ1v) is 11.5. The zero-order valence-electron chi connectivity index (χ0n) is 17.8. The standard InChI is InChI=1S/C25H20Cl3N3O2/c1-2-3-13-32-25-30-23(20-11-10-18(27)14-21(20)28)22(16-6-8-17(26)9-7-16)24(31-25)33-19-5-4-12-29-15-19/h4-12,14-15H,2-3,13H2,1H3. The average Bonchev–Trinajstić information content (AvgIpc) is 2.81. The second kappa shape index (κ2) is 10.8. The predicted molar refractivity (Wildman–Crippen MR) is 133 cm³/mol. The highest BCUT2D eigenvalue weighted by Crippen LogP contribution is 2.42. The van der Waals surface area contributed by atoms with E-state index in [2.05, 4.69) is 16.9 Å². The largest absolute Gasteiger partial charge is 0.463 e. The predicted octanol–water partition coefficient (Wildman–Crippen LogP) is 8.14. The molecule has 0 N–H and O–H groups in total. The molecule has 2 aromatic carbocycles. The zero-order chi connectivity index (χ0) is 23.2. The van der Waals surface area contributed by atoms with E-state index < -0.39 is 0 Å². The van der Waals surface area contributed by atoms with Crippen molar-refractivity contribution in [2.75, 3.05) is 6.61 Å². The number of hydrogen-bond donors (Lipinski definition) is 0. The quantitative estimate of drug-likeness (QED) is 0.229. The summed E-state index contributed by atoms with van der Waals surface area (Å²) in [7, 11) is 0. The number of benzene rings is 2. The van der Waals surface area contributed by atoms with Crippen molar-refractivity contribution in [2.45, 2.75) is 19.8 Å². The molecule has 5 nitrogen and oxygen atoms in total. The maximum Gasteiger partial charge on any atom is 0.320 e. The Kier molecular flexibility index (Phi) is 7.65. The van der Waals surface area contributed by atoms with Gasteiger partial charge in [0, 0.05) is 21.8 Å². The SMILES string of the molecule is CCCCOc1nc(Oc2cccnc2)c(-c2ccc(Cl)cc2)c(-c2ccc(Cl)cc2Cl)n1. The van der Waals surface area contributed by atoms with Gasteiger partial charge < -0.3 is 9.47 Å². The van der Waals surface area contributed by atoms with Crippen molar-refractivity contribution in [1.29, 1.82) is 0 Å². The number of pyridine rings is 1. The molecule has 0 bridgehead atoms. The van der Waals surface area contributed by atoms with Gasteiger partial charge >= 0.3 is 6.01 Å². The van der Waals surface area contributed by atoms with Crippen molar-refractivity contribution in [3.05, 3.63) is 82.1 Å². The summed E-state index contributed by atoms with van der Waals surface area (Å²) < 4.78 is 12.0. The zero-order valence-corrected chi connectivity index (χ0v) is 20.0. The summed E-state index contributed by atoms with van der Waals surface area (Å²) in [5.41, 5.74) is 2.67. The molecule has 0 aliphatic rings. The maximum absolute atomic E-state index is 6.58. The Bertz CT molecular complexity index is 1240. The molecule has 2 heterocycles. The van der Waals surface area contributed by atoms with E-state index in [0.717, 1.165) is 18.4 Å². The van der Waals surface area contributed by atoms with Crippen LogP contribution in [0.2, 0.25) is 15.1 Å². The molecule has 0 radical (unpaired) electrons. The highest BCUT2D eigenvalue weighted by molar-refractivity contribution is 6.36. The highest BCUT2D eigenvalue weighted by atomic mass is 35.5. The molecule has 4 aromatic rings. The number of unbranched alkanes of at least 4 members (excludes halogenated alkanes) is 1. The topological polar surface area (TPSA) is 57.1 Å². The number of halogens is 3. The molecule has 0 saturated carbocycles. The van der Waals surface area contributed by atoms with E-state index in [1.54, 1.807) is 48.8 Å². The highest BCUT2D eigenvalue weighted by Gasteiger charge is 2.22. The molecule has 0 unspecified atom stereocenters. The first kappa shape index (κ1) is 23.3. The number of nitrogens with zero attached hydrogens (tertiary/aromatic N) is 3. The van der Waals surface area contributed by atoms with E-state index in [9.17, 15) is 0 Å². The minimum absolute atomic E-state index is 0.195. The van der Waals surface area contributed by atoms with Gasteiger partial charge in [0.25, 0.3) is 0 Å². The van der Waals surface area contributed by atoms with Crippen LogP contribution in [0.1, 0.15) is 19.8 Å². The van der Waals surface area contributed by atoms with E-state index in [1.807, 2.05) is 18.2 Å². The lowest BCUT2D eigenvalue weighted by molar-refractivity contribution is 0.281. The molecule has 8 heteroatoms. The molecule has 0 amide bonds. The summed E-state index contributed by atoms with van der Waals surface area (Å²) in [4.78, 5) is 13.4. The molecule has 4 rings (SSSR count). The molecule has 0 fully saturated rings. The van der Waals surface area contributed by atoms with Crippen LogP contribution in [-0.4, -0.2) is 21.6 Å². The molecule has 2 aromatic heterocycles. The van der Waals surface area contributed by atoms with Gasteiger partial charge in [0.1, 0.15) is 5.75 Å². The van der Waals surface area contributed by atoms with Crippen molar-refractivity contribution in [2.24, 2.45) is 0 Å². The van der Waals surface area contributed by atoms with Crippen molar-refractivity contribution in [3.8, 4) is 40.0 Å². The molecule has 0 saturated heterocycles. The monoisotopic (exact) mass is 499 g/mol. The fourth-order valence-electron chi connectivity index (χ4n) is 3.14. The first-order chi connectivity index (χ1) is 16.0. The molecule has 168 valence electrons. The lowest BCUT2D eigenvalue weighted by Crippen LogP contribution is -2.05. The molecule has 33 heavy (non-hydrogen) atoms. The van der Waals surface area contributed by atoms with E-state index >= 15 is 0 Å². The number of ether oxygens (including phenoxy) is 2. The third-order valence-electron chi connectivity index (χ3n) is 4.75. The number of rotatable bonds is 8. The van der Waals surface area contributed by atoms with Crippen LogP contribution in [0.15, 0.2) is 67.0 Å². The Hall–Kier alpha value is -2.86. The Labute approximate surface area is 207 Å². The van der Waals surface area contributed by atoms with Crippen LogP contribution in [0.25, 0.3) is 22.4 Å². The van der Waals surface area contributed by atoms with Crippen molar-refractivity contribution in [1.82, 2.24) is 15.0 Å². The minimum atomic E-state index is 0.195. The third-order valence-corrected chi connectivity index (χ3v) is 5.55. The number of hydrogen-bond acceptors (Lipinski definition) is 5. The summed E-state index contributed by atoms with van der Waals surface area (Å²) in [6, 6.07) is 16.4. The Balaban J connectivity index is 1.94. The summed E-state index contributed by atoms with van der Waals surface area (Å²) in [5.74, 6) is 0.840. The normalized spacial score (nSPS) is 10.8. The van der Waals surface area contributed by atoms with E-state index in [0.29, 0.717) is 50.1 Å². The van der Waals surface area contributed by atoms with Gasteiger partial charge in [0.15, 0.2) is 0 Å². The maximum atomic E-state index is 6.58. The second-order valence-corrected chi connectivity index (χ2v) is 8.44. The van der Waals surface area contributed by atoms with Crippen molar-refractivity contribution < 1.29 is 9.47 Å². The first-order valence-electron chi connectivity index (χ1n) is 10.4. The smallest absolute Gasteiger partial charge is 0.320 e. The molecular formula is C25H20Cl3N3O2. The Morgan fingerprint density at radius 2 is 1.70 bits per heavy atom. The molecular weight excluding hydrogens is 481 g/mol. The van der Waals surface area contributed by atoms with Crippen LogP contribution in [0.4, 0.5) is 0 Å². The Morgan fingerprint density at radius 3 is 2.39 bits per heavy atom. The van der Waals surface area contributed by atoms with Crippen LogP contribution in [-0.2, 0) is 0 Å². The van der Waals surface area contributed by atoms with Gasteiger partial charge in [0.05, 0.1) is 29.1 Å². The average molecular weight is 501 g/mol. The van der Waals surface area contributed by atoms with Gasteiger partial charge in [-0.05, 0) is 54.4 Å². The molecule has 0 spiro atoms. The molecule has 0 aliphatic carbocycles. The van der Waals surface area contributed by atoms with Gasteiger partial charge in [-0.2, -0.15) is 9.97 Å². The van der Waals surface area contributed by atoms with Crippen LogP contribution in [0.5, 0.6) is 17.6 Å². The van der Waals surface area contributed by atoms with Gasteiger partial charge in [-0.1, -0.05) is 60.3 Å². The van der Waals surface area contributed by atoms with E-state index in [1.165, 1.54) is 0 Å². The van der Waals surface area contributed by atoms with Crippen LogP contribution in [0.3, 0.4) is 0 Å². The van der Waals surface area contributed by atoms with Crippen molar-refractivity contribution in [3.63, 3.8) is 0 Å². The number of aromatic nitrogens is 3. The summed E-state index contributed by atoms with van der Waals surface area (Å²) in [5, 5.41) is 1.58. The summed E-state index contributed by atoms with van der Waals surface area (Å²) >= 11 is 18.9. The van der Waals surface area contributed by atoms with Gasteiger partial charge in [-0.3, -0.25) is 4.98 Å². The lowest BCUT2D eigenvalue weighted by Gasteiger charge is -2.17. The van der Waals surface area contributed by atoms with Crippen LogP contribution >= 0.6 is 34.8 Å². The van der Waals surface area contributed by atoms with Gasteiger partial charge in [-0.25, -0.2) is 0 Å². The van der Waals surface area contributed by atoms with Crippen molar-refractivity contribution >= 4 is 34.8 Å². The fraction of sp³-hybridized carbons (Fsp3) is 0.160. The van der Waals surface area contributed by atoms with Gasteiger partial charge in [-0.15, -0.1) is 0 Å².